The lowest BCUT2D eigenvalue weighted by Crippen LogP contribution is -2.41. The van der Waals surface area contributed by atoms with Gasteiger partial charge in [-0.1, -0.05) is 12.1 Å². The molecule has 0 saturated carbocycles. The van der Waals surface area contributed by atoms with Gasteiger partial charge in [0.05, 0.1) is 35.6 Å². The van der Waals surface area contributed by atoms with Crippen molar-refractivity contribution in [3.05, 3.63) is 59.8 Å². The van der Waals surface area contributed by atoms with Crippen LogP contribution in [0.5, 0.6) is 0 Å². The van der Waals surface area contributed by atoms with Crippen molar-refractivity contribution in [1.82, 2.24) is 14.1 Å². The molecule has 34 heavy (non-hydrogen) atoms. The van der Waals surface area contributed by atoms with Gasteiger partial charge in [0.25, 0.3) is 0 Å². The van der Waals surface area contributed by atoms with Crippen molar-refractivity contribution in [3.8, 4) is 0 Å². The summed E-state index contributed by atoms with van der Waals surface area (Å²) in [5, 5.41) is 7.20. The SMILES string of the molecule is Cc1nn(CC(=O)N2c3ccccc3NC(=O)C[C@@H]2C)c(C)c1S(=O)(=O)N(C)Cc1ccco1. The average molecular weight is 486 g/mol. The second kappa shape index (κ2) is 9.07. The van der Waals surface area contributed by atoms with Gasteiger partial charge in [0.15, 0.2) is 0 Å². The van der Waals surface area contributed by atoms with Gasteiger partial charge in [-0.25, -0.2) is 8.42 Å². The summed E-state index contributed by atoms with van der Waals surface area (Å²) in [6.45, 7) is 4.94. The number of carbonyl (C=O) groups excluding carboxylic acids is 2. The predicted molar refractivity (Wildman–Crippen MR) is 126 cm³/mol. The van der Waals surface area contributed by atoms with Crippen LogP contribution in [0, 0.1) is 13.8 Å². The van der Waals surface area contributed by atoms with E-state index in [-0.39, 0.29) is 42.3 Å². The van der Waals surface area contributed by atoms with E-state index in [2.05, 4.69) is 10.4 Å². The molecule has 1 N–H and O–H groups in total. The van der Waals surface area contributed by atoms with Crippen molar-refractivity contribution in [2.75, 3.05) is 17.3 Å². The van der Waals surface area contributed by atoms with Gasteiger partial charge in [-0.2, -0.15) is 9.40 Å². The lowest BCUT2D eigenvalue weighted by molar-refractivity contribution is -0.120. The van der Waals surface area contributed by atoms with Crippen molar-refractivity contribution in [3.63, 3.8) is 0 Å². The number of hydrogen-bond acceptors (Lipinski definition) is 6. The standard InChI is InChI=1S/C23H27N5O5S/c1-15-12-21(29)24-19-9-5-6-10-20(19)28(15)22(30)14-27-17(3)23(16(2)25-27)34(31,32)26(4)13-18-8-7-11-33-18/h5-11,15H,12-14H2,1-4H3,(H,24,29)/t15-/m0/s1. The number of furan rings is 1. The third-order valence-electron chi connectivity index (χ3n) is 5.85. The Hall–Kier alpha value is -3.44. The molecule has 1 atom stereocenters. The molecule has 10 nitrogen and oxygen atoms in total. The molecule has 2 aromatic heterocycles. The number of rotatable bonds is 6. The molecule has 2 amide bonds. The number of nitrogens with zero attached hydrogens (tertiary/aromatic N) is 4. The maximum absolute atomic E-state index is 13.4. The Kier molecular flexibility index (Phi) is 6.32. The molecule has 0 spiro atoms. The molecule has 3 heterocycles. The van der Waals surface area contributed by atoms with Crippen LogP contribution in [0.4, 0.5) is 11.4 Å². The van der Waals surface area contributed by atoms with Gasteiger partial charge in [-0.3, -0.25) is 14.3 Å². The van der Waals surface area contributed by atoms with Crippen LogP contribution in [-0.4, -0.2) is 47.4 Å². The number of amides is 2. The van der Waals surface area contributed by atoms with Gasteiger partial charge in [0.1, 0.15) is 17.2 Å². The second-order valence-corrected chi connectivity index (χ2v) is 10.4. The summed E-state index contributed by atoms with van der Waals surface area (Å²) in [5.74, 6) is 0.0465. The monoisotopic (exact) mass is 485 g/mol. The number of aryl methyl sites for hydroxylation is 1. The topological polar surface area (TPSA) is 118 Å². The Balaban J connectivity index is 1.63. The zero-order chi connectivity index (χ0) is 24.6. The summed E-state index contributed by atoms with van der Waals surface area (Å²) in [5.41, 5.74) is 1.82. The number of hydrogen-bond donors (Lipinski definition) is 1. The Bertz CT molecular complexity index is 1330. The van der Waals surface area contributed by atoms with Crippen molar-refractivity contribution in [1.29, 1.82) is 0 Å². The van der Waals surface area contributed by atoms with E-state index in [1.54, 1.807) is 62.1 Å². The third-order valence-corrected chi connectivity index (χ3v) is 7.91. The summed E-state index contributed by atoms with van der Waals surface area (Å²) in [6.07, 6.45) is 1.63. The van der Waals surface area contributed by atoms with E-state index in [1.807, 2.05) is 0 Å². The van der Waals surface area contributed by atoms with E-state index in [0.29, 0.717) is 28.5 Å². The summed E-state index contributed by atoms with van der Waals surface area (Å²) >= 11 is 0. The van der Waals surface area contributed by atoms with E-state index in [0.717, 1.165) is 0 Å². The number of benzene rings is 1. The molecular formula is C23H27N5O5S. The molecule has 0 radical (unpaired) electrons. The van der Waals surface area contributed by atoms with Crippen LogP contribution in [-0.2, 0) is 32.7 Å². The molecule has 180 valence electrons. The fraction of sp³-hybridized carbons (Fsp3) is 0.348. The maximum atomic E-state index is 13.4. The van der Waals surface area contributed by atoms with Gasteiger partial charge in [0.2, 0.25) is 21.8 Å². The van der Waals surface area contributed by atoms with Crippen molar-refractivity contribution in [2.45, 2.75) is 51.2 Å². The highest BCUT2D eigenvalue weighted by Gasteiger charge is 2.33. The molecule has 1 aliphatic rings. The second-order valence-electron chi connectivity index (χ2n) is 8.38. The Labute approximate surface area is 198 Å². The minimum atomic E-state index is -3.88. The lowest BCUT2D eigenvalue weighted by Gasteiger charge is -2.28. The molecule has 1 aliphatic heterocycles. The molecule has 0 aliphatic carbocycles. The molecule has 0 fully saturated rings. The largest absolute Gasteiger partial charge is 0.468 e. The van der Waals surface area contributed by atoms with Crippen molar-refractivity contribution < 1.29 is 22.4 Å². The number of fused-ring (bicyclic) bond motifs is 1. The summed E-state index contributed by atoms with van der Waals surface area (Å²) in [4.78, 5) is 27.3. The Morgan fingerprint density at radius 3 is 2.68 bits per heavy atom. The van der Waals surface area contributed by atoms with Crippen molar-refractivity contribution in [2.24, 2.45) is 0 Å². The minimum absolute atomic E-state index is 0.0653. The first-order valence-electron chi connectivity index (χ1n) is 10.8. The summed E-state index contributed by atoms with van der Waals surface area (Å²) in [7, 11) is -2.41. The number of para-hydroxylation sites is 2. The molecule has 4 rings (SSSR count). The first-order valence-corrected chi connectivity index (χ1v) is 12.3. The van der Waals surface area contributed by atoms with Crippen LogP contribution >= 0.6 is 0 Å². The van der Waals surface area contributed by atoms with Crippen molar-refractivity contribution >= 4 is 33.2 Å². The molecule has 0 unspecified atom stereocenters. The summed E-state index contributed by atoms with van der Waals surface area (Å²) in [6, 6.07) is 10.1. The van der Waals surface area contributed by atoms with E-state index in [9.17, 15) is 18.0 Å². The highest BCUT2D eigenvalue weighted by atomic mass is 32.2. The zero-order valence-electron chi connectivity index (χ0n) is 19.5. The third kappa shape index (κ3) is 4.36. The number of carbonyl (C=O) groups is 2. The number of nitrogens with one attached hydrogen (secondary N) is 1. The summed E-state index contributed by atoms with van der Waals surface area (Å²) < 4.78 is 34.4. The Morgan fingerprint density at radius 1 is 1.24 bits per heavy atom. The first kappa shape index (κ1) is 23.7. The zero-order valence-corrected chi connectivity index (χ0v) is 20.3. The highest BCUT2D eigenvalue weighted by molar-refractivity contribution is 7.89. The van der Waals surface area contributed by atoms with Crippen LogP contribution in [0.2, 0.25) is 0 Å². The number of aromatic nitrogens is 2. The van der Waals surface area contributed by atoms with Crippen LogP contribution in [0.3, 0.4) is 0 Å². The van der Waals surface area contributed by atoms with Gasteiger partial charge >= 0.3 is 0 Å². The van der Waals surface area contributed by atoms with Gasteiger partial charge in [0, 0.05) is 19.5 Å². The Morgan fingerprint density at radius 2 is 1.97 bits per heavy atom. The predicted octanol–water partition coefficient (Wildman–Crippen LogP) is 2.68. The van der Waals surface area contributed by atoms with E-state index < -0.39 is 10.0 Å². The maximum Gasteiger partial charge on any atom is 0.249 e. The van der Waals surface area contributed by atoms with Crippen LogP contribution in [0.1, 0.15) is 30.5 Å². The van der Waals surface area contributed by atoms with Crippen LogP contribution in [0.15, 0.2) is 52.0 Å². The molecule has 0 saturated heterocycles. The fourth-order valence-electron chi connectivity index (χ4n) is 4.24. The van der Waals surface area contributed by atoms with E-state index >= 15 is 0 Å². The number of sulfonamides is 1. The van der Waals surface area contributed by atoms with E-state index in [4.69, 9.17) is 4.42 Å². The van der Waals surface area contributed by atoms with Gasteiger partial charge in [-0.05, 0) is 45.0 Å². The first-order chi connectivity index (χ1) is 16.1. The average Bonchev–Trinajstić information content (AvgIpc) is 3.33. The molecule has 3 aromatic rings. The van der Waals surface area contributed by atoms with Gasteiger partial charge in [-0.15, -0.1) is 0 Å². The van der Waals surface area contributed by atoms with Gasteiger partial charge < -0.3 is 14.6 Å². The lowest BCUT2D eigenvalue weighted by atomic mass is 10.1. The number of anilines is 2. The molecule has 1 aromatic carbocycles. The molecule has 11 heteroatoms. The van der Waals surface area contributed by atoms with Crippen LogP contribution < -0.4 is 10.2 Å². The highest BCUT2D eigenvalue weighted by Crippen LogP contribution is 2.32. The molecule has 0 bridgehead atoms. The van der Waals surface area contributed by atoms with Crippen LogP contribution in [0.25, 0.3) is 0 Å². The smallest absolute Gasteiger partial charge is 0.249 e. The normalized spacial score (nSPS) is 16.3. The van der Waals surface area contributed by atoms with E-state index in [1.165, 1.54) is 22.3 Å². The minimum Gasteiger partial charge on any atom is -0.468 e. The molecular weight excluding hydrogens is 458 g/mol. The quantitative estimate of drug-likeness (QED) is 0.574. The fourth-order valence-corrected chi connectivity index (χ4v) is 5.74.